The van der Waals surface area contributed by atoms with Crippen LogP contribution in [-0.4, -0.2) is 32.1 Å². The van der Waals surface area contributed by atoms with Crippen LogP contribution in [0, 0.1) is 0 Å². The zero-order chi connectivity index (χ0) is 14.7. The Morgan fingerprint density at radius 2 is 1.26 bits per heavy atom. The molecular formula is C10H19O8P. The van der Waals surface area contributed by atoms with E-state index in [1.165, 1.54) is 0 Å². The lowest BCUT2D eigenvalue weighted by molar-refractivity contribution is -0.153. The van der Waals surface area contributed by atoms with Crippen molar-refractivity contribution >= 4 is 19.8 Å². The third-order valence-corrected chi connectivity index (χ3v) is 3.14. The Balaban J connectivity index is 4.14. The average molecular weight is 298 g/mol. The molecule has 0 aromatic rings. The number of hydrogen-bond acceptors (Lipinski definition) is 8. The van der Waals surface area contributed by atoms with Crippen LogP contribution in [0.25, 0.3) is 0 Å². The Morgan fingerprint density at radius 3 is 1.58 bits per heavy atom. The quantitative estimate of drug-likeness (QED) is 0.343. The van der Waals surface area contributed by atoms with E-state index in [0.717, 1.165) is 0 Å². The number of ether oxygens (including phenoxy) is 2. The van der Waals surface area contributed by atoms with Gasteiger partial charge in [-0.25, -0.2) is 13.6 Å². The molecule has 8 nitrogen and oxygen atoms in total. The summed E-state index contributed by atoms with van der Waals surface area (Å²) in [6.07, 6.45) is 0.328. The molecular weight excluding hydrogens is 279 g/mol. The van der Waals surface area contributed by atoms with Gasteiger partial charge in [-0.15, -0.1) is 0 Å². The lowest BCUT2D eigenvalue weighted by Gasteiger charge is -2.16. The van der Waals surface area contributed by atoms with Gasteiger partial charge in [0, 0.05) is 12.8 Å². The fraction of sp³-hybridized carbons (Fsp3) is 0.800. The standard InChI is InChI=1S/C10H19O8P/c1-4-9(11)14-7-17-19(13,16-6-3)18-8-15-10(12)5-2/h4-8H2,1-3H3. The van der Waals surface area contributed by atoms with Crippen molar-refractivity contribution in [3.05, 3.63) is 0 Å². The van der Waals surface area contributed by atoms with E-state index >= 15 is 0 Å². The van der Waals surface area contributed by atoms with Crippen LogP contribution >= 0.6 is 7.82 Å². The highest BCUT2D eigenvalue weighted by Gasteiger charge is 2.27. The Morgan fingerprint density at radius 1 is 0.842 bits per heavy atom. The zero-order valence-corrected chi connectivity index (χ0v) is 12.1. The molecule has 0 N–H and O–H groups in total. The van der Waals surface area contributed by atoms with Gasteiger partial charge in [0.1, 0.15) is 0 Å². The molecule has 0 aliphatic heterocycles. The number of carbonyl (C=O) groups is 2. The molecule has 0 bridgehead atoms. The van der Waals surface area contributed by atoms with Crippen molar-refractivity contribution in [2.24, 2.45) is 0 Å². The van der Waals surface area contributed by atoms with E-state index in [1.54, 1.807) is 20.8 Å². The molecule has 0 unspecified atom stereocenters. The Kier molecular flexibility index (Phi) is 9.42. The van der Waals surface area contributed by atoms with E-state index in [9.17, 15) is 14.2 Å². The van der Waals surface area contributed by atoms with E-state index in [0.29, 0.717) is 0 Å². The first-order valence-electron chi connectivity index (χ1n) is 5.82. The lowest BCUT2D eigenvalue weighted by Crippen LogP contribution is -2.11. The summed E-state index contributed by atoms with van der Waals surface area (Å²) < 4.78 is 35.3. The molecule has 0 amide bonds. The van der Waals surface area contributed by atoms with Crippen molar-refractivity contribution in [3.8, 4) is 0 Å². The van der Waals surface area contributed by atoms with Gasteiger partial charge in [0.15, 0.2) is 0 Å². The van der Waals surface area contributed by atoms with Crippen molar-refractivity contribution in [1.29, 1.82) is 0 Å². The summed E-state index contributed by atoms with van der Waals surface area (Å²) >= 11 is 0. The van der Waals surface area contributed by atoms with Gasteiger partial charge in [0.25, 0.3) is 0 Å². The highest BCUT2D eigenvalue weighted by atomic mass is 31.2. The normalized spacial score (nSPS) is 11.1. The van der Waals surface area contributed by atoms with Gasteiger partial charge in [0.05, 0.1) is 6.61 Å². The monoisotopic (exact) mass is 298 g/mol. The van der Waals surface area contributed by atoms with Crippen molar-refractivity contribution in [2.75, 3.05) is 20.2 Å². The molecule has 0 spiro atoms. The van der Waals surface area contributed by atoms with Crippen LogP contribution in [0.1, 0.15) is 33.6 Å². The lowest BCUT2D eigenvalue weighted by atomic mass is 10.5. The molecule has 0 atom stereocenters. The number of hydrogen-bond donors (Lipinski definition) is 0. The molecule has 112 valence electrons. The first-order valence-corrected chi connectivity index (χ1v) is 7.28. The van der Waals surface area contributed by atoms with Crippen molar-refractivity contribution in [1.82, 2.24) is 0 Å². The van der Waals surface area contributed by atoms with Gasteiger partial charge in [-0.3, -0.25) is 14.1 Å². The summed E-state index contributed by atoms with van der Waals surface area (Å²) in [6, 6.07) is 0. The van der Waals surface area contributed by atoms with Crippen LogP contribution in [0.2, 0.25) is 0 Å². The van der Waals surface area contributed by atoms with Crippen LogP contribution in [-0.2, 0) is 37.2 Å². The van der Waals surface area contributed by atoms with Gasteiger partial charge in [-0.05, 0) is 6.92 Å². The van der Waals surface area contributed by atoms with Gasteiger partial charge in [-0.1, -0.05) is 13.8 Å². The molecule has 9 heteroatoms. The molecule has 0 aromatic heterocycles. The summed E-state index contributed by atoms with van der Waals surface area (Å²) in [5.74, 6) is -1.03. The molecule has 0 radical (unpaired) electrons. The number of phosphoric ester groups is 1. The minimum atomic E-state index is -3.91. The summed E-state index contributed by atoms with van der Waals surface area (Å²) in [6.45, 7) is 3.71. The van der Waals surface area contributed by atoms with E-state index in [-0.39, 0.29) is 19.4 Å². The van der Waals surface area contributed by atoms with E-state index < -0.39 is 33.3 Å². The average Bonchev–Trinajstić information content (AvgIpc) is 2.38. The molecule has 0 saturated carbocycles. The summed E-state index contributed by atoms with van der Waals surface area (Å²) in [5.41, 5.74) is 0. The predicted molar refractivity (Wildman–Crippen MR) is 63.9 cm³/mol. The molecule has 0 rings (SSSR count). The Hall–Kier alpha value is -0.950. The van der Waals surface area contributed by atoms with Gasteiger partial charge in [-0.2, -0.15) is 0 Å². The van der Waals surface area contributed by atoms with Crippen molar-refractivity contribution < 1.29 is 37.2 Å². The molecule has 0 aliphatic rings. The fourth-order valence-electron chi connectivity index (χ4n) is 0.787. The second-order valence-electron chi connectivity index (χ2n) is 3.10. The number of rotatable bonds is 10. The summed E-state index contributed by atoms with van der Waals surface area (Å²) in [7, 11) is -3.91. The van der Waals surface area contributed by atoms with Crippen LogP contribution in [0.5, 0.6) is 0 Å². The first kappa shape index (κ1) is 18.0. The Labute approximate surface area is 111 Å². The van der Waals surface area contributed by atoms with Crippen LogP contribution in [0.3, 0.4) is 0 Å². The maximum atomic E-state index is 11.9. The van der Waals surface area contributed by atoms with Gasteiger partial charge < -0.3 is 9.47 Å². The molecule has 0 saturated heterocycles. The minimum absolute atomic E-state index is 0.0563. The first-order chi connectivity index (χ1) is 8.97. The van der Waals surface area contributed by atoms with Crippen molar-refractivity contribution in [3.63, 3.8) is 0 Å². The smallest absolute Gasteiger partial charge is 0.438 e. The molecule has 0 fully saturated rings. The molecule has 0 aliphatic carbocycles. The largest absolute Gasteiger partial charge is 0.480 e. The second-order valence-corrected chi connectivity index (χ2v) is 4.77. The van der Waals surface area contributed by atoms with E-state index in [2.05, 4.69) is 9.47 Å². The third-order valence-electron chi connectivity index (χ3n) is 1.73. The minimum Gasteiger partial charge on any atom is -0.438 e. The van der Waals surface area contributed by atoms with Gasteiger partial charge >= 0.3 is 19.8 Å². The van der Waals surface area contributed by atoms with E-state index in [1.807, 2.05) is 0 Å². The third kappa shape index (κ3) is 8.72. The van der Waals surface area contributed by atoms with Crippen LogP contribution in [0.4, 0.5) is 0 Å². The maximum absolute atomic E-state index is 11.9. The van der Waals surface area contributed by atoms with E-state index in [4.69, 9.17) is 13.6 Å². The Bertz CT molecular complexity index is 303. The summed E-state index contributed by atoms with van der Waals surface area (Å²) in [5, 5.41) is 0. The van der Waals surface area contributed by atoms with Crippen LogP contribution in [0.15, 0.2) is 0 Å². The topological polar surface area (TPSA) is 97.4 Å². The zero-order valence-electron chi connectivity index (χ0n) is 11.2. The maximum Gasteiger partial charge on any atom is 0.480 e. The highest BCUT2D eigenvalue weighted by molar-refractivity contribution is 7.48. The number of esters is 2. The second kappa shape index (κ2) is 9.91. The fourth-order valence-corrected chi connectivity index (χ4v) is 1.69. The SMILES string of the molecule is CCOP(=O)(OCOC(=O)CC)OCOC(=O)CC. The van der Waals surface area contributed by atoms with Crippen molar-refractivity contribution in [2.45, 2.75) is 33.6 Å². The molecule has 19 heavy (non-hydrogen) atoms. The molecule has 0 aromatic carbocycles. The number of carbonyl (C=O) groups excluding carboxylic acids is 2. The van der Waals surface area contributed by atoms with Crippen LogP contribution < -0.4 is 0 Å². The highest BCUT2D eigenvalue weighted by Crippen LogP contribution is 2.49. The number of phosphoric acid groups is 1. The summed E-state index contributed by atoms with van der Waals surface area (Å²) in [4.78, 5) is 21.7. The predicted octanol–water partition coefficient (Wildman–Crippen LogP) is 1.99. The van der Waals surface area contributed by atoms with Gasteiger partial charge in [0.2, 0.25) is 13.6 Å². The molecule has 0 heterocycles.